The largest absolute Gasteiger partial charge is 0.490 e. The molecule has 0 unspecified atom stereocenters. The standard InChI is InChI=1S/C8H10N2O2S/c1-11-7-3-4-9-6(10-7)5-8(13)12-2/h3-4H,5H2,1-2H3. The molecule has 13 heavy (non-hydrogen) atoms. The maximum atomic E-state index is 4.93. The van der Waals surface area contributed by atoms with E-state index < -0.39 is 0 Å². The maximum Gasteiger partial charge on any atom is 0.216 e. The number of thiocarbonyl (C=S) groups is 1. The van der Waals surface area contributed by atoms with Crippen LogP contribution in [0.25, 0.3) is 0 Å². The number of hydrogen-bond acceptors (Lipinski definition) is 5. The van der Waals surface area contributed by atoms with E-state index in [1.54, 1.807) is 19.4 Å². The Kier molecular flexibility index (Phi) is 3.57. The van der Waals surface area contributed by atoms with Crippen LogP contribution in [-0.4, -0.2) is 29.2 Å². The summed E-state index contributed by atoms with van der Waals surface area (Å²) in [5, 5.41) is 0.466. The highest BCUT2D eigenvalue weighted by Gasteiger charge is 2.02. The molecule has 1 heterocycles. The van der Waals surface area contributed by atoms with Gasteiger partial charge in [0.05, 0.1) is 20.6 Å². The number of aromatic nitrogens is 2. The van der Waals surface area contributed by atoms with Crippen molar-refractivity contribution in [3.05, 3.63) is 18.1 Å². The van der Waals surface area contributed by atoms with Crippen LogP contribution in [0.3, 0.4) is 0 Å². The molecule has 0 spiro atoms. The van der Waals surface area contributed by atoms with Crippen LogP contribution < -0.4 is 4.74 Å². The molecule has 0 radical (unpaired) electrons. The molecule has 5 heteroatoms. The molecule has 1 aromatic rings. The Labute approximate surface area is 81.9 Å². The molecule has 0 bridgehead atoms. The van der Waals surface area contributed by atoms with Crippen LogP contribution in [0, 0.1) is 0 Å². The van der Waals surface area contributed by atoms with Gasteiger partial charge in [-0.25, -0.2) is 4.98 Å². The van der Waals surface area contributed by atoms with Gasteiger partial charge < -0.3 is 9.47 Å². The molecular weight excluding hydrogens is 188 g/mol. The van der Waals surface area contributed by atoms with Gasteiger partial charge in [-0.3, -0.25) is 0 Å². The second-order valence-electron chi connectivity index (χ2n) is 2.27. The van der Waals surface area contributed by atoms with E-state index in [4.69, 9.17) is 21.7 Å². The predicted octanol–water partition coefficient (Wildman–Crippen LogP) is 1.00. The molecule has 0 amide bonds. The lowest BCUT2D eigenvalue weighted by Crippen LogP contribution is -2.06. The Hall–Kier alpha value is -1.23. The molecule has 1 aromatic heterocycles. The highest BCUT2D eigenvalue weighted by molar-refractivity contribution is 7.80. The minimum Gasteiger partial charge on any atom is -0.490 e. The molecule has 0 aromatic carbocycles. The van der Waals surface area contributed by atoms with E-state index in [2.05, 4.69) is 9.97 Å². The molecule has 0 aliphatic rings. The van der Waals surface area contributed by atoms with Gasteiger partial charge in [0, 0.05) is 12.3 Å². The second kappa shape index (κ2) is 4.71. The van der Waals surface area contributed by atoms with E-state index in [9.17, 15) is 0 Å². The van der Waals surface area contributed by atoms with Gasteiger partial charge in [-0.15, -0.1) is 0 Å². The molecular formula is C8H10N2O2S. The van der Waals surface area contributed by atoms with Crippen molar-refractivity contribution in [3.8, 4) is 5.88 Å². The second-order valence-corrected chi connectivity index (χ2v) is 2.72. The van der Waals surface area contributed by atoms with Crippen molar-refractivity contribution in [3.63, 3.8) is 0 Å². The van der Waals surface area contributed by atoms with Crippen molar-refractivity contribution in [2.24, 2.45) is 0 Å². The quantitative estimate of drug-likeness (QED) is 0.678. The summed E-state index contributed by atoms with van der Waals surface area (Å²) in [6.07, 6.45) is 2.06. The van der Waals surface area contributed by atoms with Crippen molar-refractivity contribution in [1.29, 1.82) is 0 Å². The fourth-order valence-corrected chi connectivity index (χ4v) is 0.910. The Bertz CT molecular complexity index is 304. The fraction of sp³-hybridized carbons (Fsp3) is 0.375. The third kappa shape index (κ3) is 2.95. The molecule has 0 aliphatic heterocycles. The van der Waals surface area contributed by atoms with Gasteiger partial charge in [-0.05, 0) is 12.2 Å². The number of ether oxygens (including phenoxy) is 2. The van der Waals surface area contributed by atoms with Crippen LogP contribution in [0.5, 0.6) is 5.88 Å². The van der Waals surface area contributed by atoms with E-state index in [0.29, 0.717) is 23.2 Å². The topological polar surface area (TPSA) is 44.2 Å². The van der Waals surface area contributed by atoms with Crippen molar-refractivity contribution in [1.82, 2.24) is 9.97 Å². The van der Waals surface area contributed by atoms with Gasteiger partial charge in [0.25, 0.3) is 0 Å². The molecule has 0 atom stereocenters. The third-order valence-electron chi connectivity index (χ3n) is 1.42. The van der Waals surface area contributed by atoms with E-state index in [0.717, 1.165) is 0 Å². The summed E-state index contributed by atoms with van der Waals surface area (Å²) < 4.78 is 9.77. The molecule has 0 saturated carbocycles. The molecule has 70 valence electrons. The summed E-state index contributed by atoms with van der Waals surface area (Å²) in [6, 6.07) is 1.68. The van der Waals surface area contributed by atoms with E-state index in [-0.39, 0.29) is 0 Å². The van der Waals surface area contributed by atoms with Gasteiger partial charge in [-0.1, -0.05) is 0 Å². The van der Waals surface area contributed by atoms with Gasteiger partial charge in [0.15, 0.2) is 5.05 Å². The number of methoxy groups -OCH3 is 2. The zero-order valence-corrected chi connectivity index (χ0v) is 8.30. The van der Waals surface area contributed by atoms with E-state index in [1.165, 1.54) is 7.11 Å². The van der Waals surface area contributed by atoms with Crippen LogP contribution in [0.2, 0.25) is 0 Å². The van der Waals surface area contributed by atoms with Crippen molar-refractivity contribution in [2.45, 2.75) is 6.42 Å². The summed E-state index contributed by atoms with van der Waals surface area (Å²) in [4.78, 5) is 8.09. The minimum absolute atomic E-state index is 0.434. The Morgan fingerprint density at radius 1 is 1.54 bits per heavy atom. The fourth-order valence-electron chi connectivity index (χ4n) is 0.781. The molecule has 1 rings (SSSR count). The lowest BCUT2D eigenvalue weighted by Gasteiger charge is -2.02. The van der Waals surface area contributed by atoms with Crippen LogP contribution in [-0.2, 0) is 11.2 Å². The third-order valence-corrected chi connectivity index (χ3v) is 1.73. The smallest absolute Gasteiger partial charge is 0.216 e. The monoisotopic (exact) mass is 198 g/mol. The molecule has 0 N–H and O–H groups in total. The molecule has 0 aliphatic carbocycles. The van der Waals surface area contributed by atoms with Gasteiger partial charge in [-0.2, -0.15) is 4.98 Å². The molecule has 4 nitrogen and oxygen atoms in total. The summed E-state index contributed by atoms with van der Waals surface area (Å²) in [6.45, 7) is 0. The first-order chi connectivity index (χ1) is 6.26. The Balaban J connectivity index is 2.71. The van der Waals surface area contributed by atoms with Crippen LogP contribution in [0.1, 0.15) is 5.82 Å². The summed E-state index contributed by atoms with van der Waals surface area (Å²) in [5.41, 5.74) is 0. The average Bonchev–Trinajstić information content (AvgIpc) is 2.18. The highest BCUT2D eigenvalue weighted by atomic mass is 32.1. The molecule has 0 fully saturated rings. The Morgan fingerprint density at radius 2 is 2.31 bits per heavy atom. The Morgan fingerprint density at radius 3 is 2.92 bits per heavy atom. The van der Waals surface area contributed by atoms with Crippen LogP contribution >= 0.6 is 12.2 Å². The SMILES string of the molecule is COC(=S)Cc1nccc(OC)n1. The van der Waals surface area contributed by atoms with Gasteiger partial charge in [0.1, 0.15) is 5.82 Å². The van der Waals surface area contributed by atoms with Crippen molar-refractivity contribution >= 4 is 17.3 Å². The summed E-state index contributed by atoms with van der Waals surface area (Å²) >= 11 is 4.87. The summed E-state index contributed by atoms with van der Waals surface area (Å²) in [7, 11) is 3.09. The van der Waals surface area contributed by atoms with Gasteiger partial charge in [0.2, 0.25) is 5.88 Å². The van der Waals surface area contributed by atoms with E-state index in [1.807, 2.05) is 0 Å². The minimum atomic E-state index is 0.434. The van der Waals surface area contributed by atoms with Crippen molar-refractivity contribution < 1.29 is 9.47 Å². The van der Waals surface area contributed by atoms with Gasteiger partial charge >= 0.3 is 0 Å². The van der Waals surface area contributed by atoms with E-state index >= 15 is 0 Å². The average molecular weight is 198 g/mol. The van der Waals surface area contributed by atoms with Crippen molar-refractivity contribution in [2.75, 3.05) is 14.2 Å². The number of rotatable bonds is 3. The normalized spacial score (nSPS) is 9.38. The summed E-state index contributed by atoms with van der Waals surface area (Å²) in [5.74, 6) is 1.13. The first kappa shape index (κ1) is 9.85. The number of nitrogens with zero attached hydrogens (tertiary/aromatic N) is 2. The maximum absolute atomic E-state index is 4.93. The van der Waals surface area contributed by atoms with Crippen LogP contribution in [0.15, 0.2) is 12.3 Å². The molecule has 0 saturated heterocycles. The van der Waals surface area contributed by atoms with Crippen LogP contribution in [0.4, 0.5) is 0 Å². The lowest BCUT2D eigenvalue weighted by atomic mass is 10.4. The zero-order valence-electron chi connectivity index (χ0n) is 7.48. The first-order valence-electron chi connectivity index (χ1n) is 3.69. The zero-order chi connectivity index (χ0) is 9.68. The lowest BCUT2D eigenvalue weighted by molar-refractivity contribution is 0.391. The first-order valence-corrected chi connectivity index (χ1v) is 4.10. The highest BCUT2D eigenvalue weighted by Crippen LogP contribution is 2.04. The number of hydrogen-bond donors (Lipinski definition) is 0. The predicted molar refractivity (Wildman–Crippen MR) is 51.9 cm³/mol.